The van der Waals surface area contributed by atoms with Crippen molar-refractivity contribution in [2.75, 3.05) is 79.5 Å². The molecule has 2 saturated heterocycles. The third-order valence-corrected chi connectivity index (χ3v) is 11.0. The van der Waals surface area contributed by atoms with E-state index in [0.717, 1.165) is 37.6 Å². The van der Waals surface area contributed by atoms with Crippen LogP contribution < -0.4 is 39.4 Å². The molecule has 306 valence electrons. The molecule has 0 bridgehead atoms. The Kier molecular flexibility index (Phi) is 11.4. The van der Waals surface area contributed by atoms with Crippen molar-refractivity contribution in [3.8, 4) is 23.3 Å². The van der Waals surface area contributed by atoms with Gasteiger partial charge in [-0.05, 0) is 45.0 Å². The molecule has 18 nitrogen and oxygen atoms in total. The first-order chi connectivity index (χ1) is 28.1. The van der Waals surface area contributed by atoms with Crippen molar-refractivity contribution < 1.29 is 28.5 Å². The van der Waals surface area contributed by atoms with E-state index in [9.17, 15) is 9.59 Å². The highest BCUT2D eigenvalue weighted by Crippen LogP contribution is 2.39. The molecular weight excluding hydrogens is 745 g/mol. The van der Waals surface area contributed by atoms with Crippen LogP contribution in [-0.4, -0.2) is 129 Å². The largest absolute Gasteiger partial charge is 0.484 e. The Morgan fingerprint density at radius 1 is 0.707 bits per heavy atom. The molecule has 0 spiro atoms. The predicted molar refractivity (Wildman–Crippen MR) is 215 cm³/mol. The van der Waals surface area contributed by atoms with Crippen molar-refractivity contribution in [3.63, 3.8) is 0 Å². The van der Waals surface area contributed by atoms with Gasteiger partial charge in [-0.3, -0.25) is 19.4 Å². The predicted octanol–water partition coefficient (Wildman–Crippen LogP) is 3.50. The first kappa shape index (κ1) is 39.0. The summed E-state index contributed by atoms with van der Waals surface area (Å²) < 4.78 is 24.7. The van der Waals surface area contributed by atoms with Crippen LogP contribution >= 0.6 is 0 Å². The van der Waals surface area contributed by atoms with Gasteiger partial charge in [-0.15, -0.1) is 0 Å². The maximum Gasteiger partial charge on any atom is 0.257 e. The molecule has 2 amide bonds. The van der Waals surface area contributed by atoms with E-state index in [4.69, 9.17) is 28.9 Å². The second-order valence-corrected chi connectivity index (χ2v) is 15.2. The fourth-order valence-electron chi connectivity index (χ4n) is 8.19. The molecule has 4 aromatic rings. The van der Waals surface area contributed by atoms with Gasteiger partial charge in [0.15, 0.2) is 11.5 Å². The van der Waals surface area contributed by atoms with Crippen LogP contribution in [0, 0.1) is 0 Å². The number of carbonyl (C=O) groups is 2. The van der Waals surface area contributed by atoms with Crippen LogP contribution in [-0.2, 0) is 9.59 Å². The van der Waals surface area contributed by atoms with Gasteiger partial charge in [-0.25, -0.2) is 29.9 Å². The van der Waals surface area contributed by atoms with Crippen LogP contribution in [0.5, 0.6) is 23.3 Å². The molecule has 5 atom stereocenters. The third-order valence-electron chi connectivity index (χ3n) is 11.0. The van der Waals surface area contributed by atoms with Crippen molar-refractivity contribution >= 4 is 35.1 Å². The average Bonchev–Trinajstić information content (AvgIpc) is 3.22. The summed E-state index contributed by atoms with van der Waals surface area (Å²) >= 11 is 0. The van der Waals surface area contributed by atoms with E-state index in [0.29, 0.717) is 85.9 Å². The molecule has 0 aromatic carbocycles. The number of fused-ring (bicyclic) bond motifs is 2. The van der Waals surface area contributed by atoms with Gasteiger partial charge in [-0.2, -0.15) is 0 Å². The Balaban J connectivity index is 0.953. The maximum absolute atomic E-state index is 11.5. The molecule has 4 aliphatic rings. The summed E-state index contributed by atoms with van der Waals surface area (Å²) in [5.74, 6) is 3.20. The van der Waals surface area contributed by atoms with E-state index in [1.165, 1.54) is 13.8 Å². The van der Waals surface area contributed by atoms with Crippen molar-refractivity contribution in [2.45, 2.75) is 71.3 Å². The fraction of sp³-hybridized carbons (Fsp3) is 0.500. The standard InChI is InChI=1S/C40H50N12O6/c1-24-21-49(39-41-17-29(18-42-39)45-27(4)53)10-12-51(24)26(3)32-6-8-36-38(47-32)58-31(23-57-36)16-34(33-7-9-35-37(48-33)56-15-14-55-35)52-13-11-50(22-25(52)2)40-43-19-30(20-44-40)46-28(5)54/h6-9,17-20,24-26,31,34H,10-16,21-23H2,1-5H3,(H,45,53)(H,46,54)/t24-,25-,26-,31?,34+/m1/s1. The van der Waals surface area contributed by atoms with Crippen LogP contribution in [0.15, 0.2) is 49.1 Å². The molecule has 8 rings (SSSR count). The number of pyridine rings is 2. The first-order valence-corrected chi connectivity index (χ1v) is 19.9. The molecule has 0 aliphatic carbocycles. The van der Waals surface area contributed by atoms with Crippen molar-refractivity contribution in [1.29, 1.82) is 0 Å². The van der Waals surface area contributed by atoms with E-state index in [1.807, 2.05) is 24.3 Å². The number of carbonyl (C=O) groups excluding carboxylic acids is 2. The first-order valence-electron chi connectivity index (χ1n) is 19.9. The summed E-state index contributed by atoms with van der Waals surface area (Å²) in [5.41, 5.74) is 2.91. The zero-order valence-corrected chi connectivity index (χ0v) is 33.5. The molecule has 58 heavy (non-hydrogen) atoms. The molecule has 0 radical (unpaired) electrons. The quantitative estimate of drug-likeness (QED) is 0.238. The van der Waals surface area contributed by atoms with E-state index in [2.05, 4.69) is 70.9 Å². The highest BCUT2D eigenvalue weighted by molar-refractivity contribution is 5.88. The van der Waals surface area contributed by atoms with Crippen molar-refractivity contribution in [2.24, 2.45) is 0 Å². The topological polar surface area (TPSA) is 185 Å². The van der Waals surface area contributed by atoms with Gasteiger partial charge in [0.2, 0.25) is 23.7 Å². The molecule has 4 aliphatic heterocycles. The van der Waals surface area contributed by atoms with Crippen LogP contribution in [0.2, 0.25) is 0 Å². The second kappa shape index (κ2) is 16.9. The SMILES string of the molecule is CC(=O)Nc1cnc(N2CCN([C@H](C)c3ccc4c(n3)OC(C[C@@H](c3ccc5c(n3)OCCO5)N3CCN(c5ncc(NC(C)=O)cn5)C[C@H]3C)CO4)[C@H](C)C2)nc1. The zero-order valence-electron chi connectivity index (χ0n) is 33.5. The summed E-state index contributed by atoms with van der Waals surface area (Å²) in [7, 11) is 0. The Bertz CT molecular complexity index is 2090. The summed E-state index contributed by atoms with van der Waals surface area (Å²) in [4.78, 5) is 60.2. The lowest BCUT2D eigenvalue weighted by Crippen LogP contribution is -2.54. The second-order valence-electron chi connectivity index (χ2n) is 15.2. The molecular formula is C40H50N12O6. The number of anilines is 4. The van der Waals surface area contributed by atoms with Gasteiger partial charge in [0.05, 0.1) is 53.6 Å². The monoisotopic (exact) mass is 794 g/mol. The Morgan fingerprint density at radius 2 is 1.24 bits per heavy atom. The normalized spacial score (nSPS) is 21.8. The number of piperazine rings is 2. The van der Waals surface area contributed by atoms with Gasteiger partial charge in [0.1, 0.15) is 25.9 Å². The molecule has 0 saturated carbocycles. The summed E-state index contributed by atoms with van der Waals surface area (Å²) in [6.45, 7) is 15.2. The molecule has 2 fully saturated rings. The van der Waals surface area contributed by atoms with Gasteiger partial charge in [-0.1, -0.05) is 0 Å². The van der Waals surface area contributed by atoms with Gasteiger partial charge in [0.25, 0.3) is 11.8 Å². The van der Waals surface area contributed by atoms with Crippen LogP contribution in [0.4, 0.5) is 23.3 Å². The molecule has 4 aromatic heterocycles. The third kappa shape index (κ3) is 8.67. The number of ether oxygens (including phenoxy) is 4. The molecule has 1 unspecified atom stereocenters. The lowest BCUT2D eigenvalue weighted by molar-refractivity contribution is -0.115. The molecule has 8 heterocycles. The summed E-state index contributed by atoms with van der Waals surface area (Å²) in [6.07, 6.45) is 6.86. The van der Waals surface area contributed by atoms with Crippen LogP contribution in [0.1, 0.15) is 64.5 Å². The number of amides is 2. The van der Waals surface area contributed by atoms with Crippen molar-refractivity contribution in [1.82, 2.24) is 39.7 Å². The van der Waals surface area contributed by atoms with Gasteiger partial charge in [0, 0.05) is 77.7 Å². The lowest BCUT2D eigenvalue weighted by Gasteiger charge is -2.44. The van der Waals surface area contributed by atoms with E-state index < -0.39 is 0 Å². The summed E-state index contributed by atoms with van der Waals surface area (Å²) in [6, 6.07) is 8.13. The minimum absolute atomic E-state index is 0.0203. The van der Waals surface area contributed by atoms with E-state index in [1.54, 1.807) is 24.8 Å². The Hall–Kier alpha value is -5.88. The van der Waals surface area contributed by atoms with E-state index in [-0.39, 0.29) is 42.1 Å². The number of nitrogens with zero attached hydrogens (tertiary/aromatic N) is 10. The number of hydrogen-bond acceptors (Lipinski definition) is 16. The van der Waals surface area contributed by atoms with Gasteiger partial charge >= 0.3 is 0 Å². The fourth-order valence-corrected chi connectivity index (χ4v) is 8.19. The number of aromatic nitrogens is 6. The smallest absolute Gasteiger partial charge is 0.257 e. The minimum Gasteiger partial charge on any atom is -0.484 e. The average molecular weight is 795 g/mol. The molecule has 18 heteroatoms. The van der Waals surface area contributed by atoms with Crippen molar-refractivity contribution in [3.05, 3.63) is 60.4 Å². The number of rotatable bonds is 10. The van der Waals surface area contributed by atoms with Crippen LogP contribution in [0.25, 0.3) is 0 Å². The Morgan fingerprint density at radius 3 is 1.83 bits per heavy atom. The van der Waals surface area contributed by atoms with Crippen LogP contribution in [0.3, 0.4) is 0 Å². The maximum atomic E-state index is 11.5. The number of nitrogens with one attached hydrogen (secondary N) is 2. The summed E-state index contributed by atoms with van der Waals surface area (Å²) in [5, 5.41) is 5.45. The molecule has 2 N–H and O–H groups in total. The minimum atomic E-state index is -0.292. The number of hydrogen-bond donors (Lipinski definition) is 2. The highest BCUT2D eigenvalue weighted by Gasteiger charge is 2.37. The highest BCUT2D eigenvalue weighted by atomic mass is 16.6. The Labute approximate surface area is 337 Å². The zero-order chi connectivity index (χ0) is 40.3. The van der Waals surface area contributed by atoms with Gasteiger partial charge < -0.3 is 39.4 Å². The van der Waals surface area contributed by atoms with E-state index >= 15 is 0 Å². The lowest BCUT2D eigenvalue weighted by atomic mass is 9.99.